The van der Waals surface area contributed by atoms with Crippen molar-refractivity contribution in [1.29, 1.82) is 0 Å². The maximum Gasteiger partial charge on any atom is 0.245 e. The molecule has 2 amide bonds. The molecule has 1 fully saturated rings. The molecule has 0 spiro atoms. The van der Waals surface area contributed by atoms with Crippen LogP contribution in [0.2, 0.25) is 0 Å². The Hall–Kier alpha value is -4.35. The molecule has 1 atom stereocenters. The van der Waals surface area contributed by atoms with E-state index in [0.717, 1.165) is 36.8 Å². The van der Waals surface area contributed by atoms with Crippen LogP contribution in [-0.2, 0) is 22.6 Å². The highest BCUT2D eigenvalue weighted by molar-refractivity contribution is 5.98. The van der Waals surface area contributed by atoms with Crippen LogP contribution in [0.25, 0.3) is 11.4 Å². The van der Waals surface area contributed by atoms with Gasteiger partial charge >= 0.3 is 0 Å². The van der Waals surface area contributed by atoms with Crippen molar-refractivity contribution in [3.05, 3.63) is 59.4 Å². The Morgan fingerprint density at radius 3 is 2.59 bits per heavy atom. The molecule has 0 saturated heterocycles. The number of nitrogens with one attached hydrogen (secondary N) is 3. The second kappa shape index (κ2) is 13.4. The van der Waals surface area contributed by atoms with Crippen LogP contribution in [0.4, 0.5) is 4.39 Å². The number of methoxy groups -OCH3 is 1. The molecule has 0 bridgehead atoms. The largest absolute Gasteiger partial charge is 0.494 e. The van der Waals surface area contributed by atoms with Crippen LogP contribution in [-0.4, -0.2) is 51.5 Å². The molecule has 5 N–H and O–H groups in total. The van der Waals surface area contributed by atoms with E-state index >= 15 is 0 Å². The molecule has 0 aliphatic heterocycles. The Labute approximate surface area is 225 Å². The van der Waals surface area contributed by atoms with Crippen molar-refractivity contribution in [2.24, 2.45) is 16.6 Å². The van der Waals surface area contributed by atoms with Gasteiger partial charge in [-0.05, 0) is 40.8 Å². The van der Waals surface area contributed by atoms with Crippen LogP contribution in [0, 0.1) is 11.7 Å². The summed E-state index contributed by atoms with van der Waals surface area (Å²) in [5, 5.41) is 19.3. The van der Waals surface area contributed by atoms with Crippen LogP contribution >= 0.6 is 0 Å². The smallest absolute Gasteiger partial charge is 0.245 e. The summed E-state index contributed by atoms with van der Waals surface area (Å²) in [5.41, 5.74) is 8.29. The van der Waals surface area contributed by atoms with Crippen LogP contribution < -0.4 is 21.1 Å². The number of halogens is 1. The predicted molar refractivity (Wildman–Crippen MR) is 143 cm³/mol. The predicted octanol–water partition coefficient (Wildman–Crippen LogP) is 2.64. The Morgan fingerprint density at radius 1 is 1.15 bits per heavy atom. The third kappa shape index (κ3) is 8.06. The highest BCUT2D eigenvalue weighted by Crippen LogP contribution is 2.28. The van der Waals surface area contributed by atoms with Crippen molar-refractivity contribution in [1.82, 2.24) is 31.3 Å². The van der Waals surface area contributed by atoms with Gasteiger partial charge in [-0.15, -0.1) is 10.2 Å². The molecule has 1 heterocycles. The monoisotopic (exact) mass is 536 g/mol. The fourth-order valence-corrected chi connectivity index (χ4v) is 4.71. The molecule has 39 heavy (non-hydrogen) atoms. The molecular formula is C27H33FN8O3. The van der Waals surface area contributed by atoms with Gasteiger partial charge in [-0.1, -0.05) is 62.4 Å². The first-order chi connectivity index (χ1) is 18.9. The van der Waals surface area contributed by atoms with E-state index < -0.39 is 11.9 Å². The summed E-state index contributed by atoms with van der Waals surface area (Å²) < 4.78 is 18.8. The van der Waals surface area contributed by atoms with Crippen molar-refractivity contribution < 1.29 is 18.7 Å². The van der Waals surface area contributed by atoms with Gasteiger partial charge in [0, 0.05) is 12.1 Å². The van der Waals surface area contributed by atoms with E-state index in [9.17, 15) is 14.0 Å². The summed E-state index contributed by atoms with van der Waals surface area (Å²) in [5.74, 6) is -0.318. The average Bonchev–Trinajstić information content (AvgIpc) is 3.48. The number of rotatable bonds is 10. The SMILES string of the molecule is COc1cc(CNC(=O)[C@@H](CC2CCCCC2)N=C(N)NC(=O)Cc2ccc(-c3nn[nH]n3)cc2)ccc1F. The number of hydrogen-bond donors (Lipinski definition) is 4. The molecule has 12 heteroatoms. The van der Waals surface area contributed by atoms with Gasteiger partial charge in [0.15, 0.2) is 17.5 Å². The van der Waals surface area contributed by atoms with Gasteiger partial charge in [0.25, 0.3) is 0 Å². The minimum Gasteiger partial charge on any atom is -0.494 e. The molecule has 2 aromatic carbocycles. The summed E-state index contributed by atoms with van der Waals surface area (Å²) >= 11 is 0. The Bertz CT molecular complexity index is 1270. The van der Waals surface area contributed by atoms with Crippen molar-refractivity contribution in [2.45, 2.75) is 57.5 Å². The lowest BCUT2D eigenvalue weighted by molar-refractivity contribution is -0.123. The Morgan fingerprint density at radius 2 is 1.90 bits per heavy atom. The summed E-state index contributed by atoms with van der Waals surface area (Å²) in [6.07, 6.45) is 6.10. The zero-order valence-corrected chi connectivity index (χ0v) is 21.8. The highest BCUT2D eigenvalue weighted by Gasteiger charge is 2.25. The number of carbonyl (C=O) groups excluding carboxylic acids is 2. The van der Waals surface area contributed by atoms with Crippen molar-refractivity contribution in [2.75, 3.05) is 7.11 Å². The number of tetrazole rings is 1. The number of aromatic nitrogens is 4. The van der Waals surface area contributed by atoms with E-state index in [1.807, 2.05) is 0 Å². The lowest BCUT2D eigenvalue weighted by atomic mass is 9.84. The Kier molecular flexibility index (Phi) is 9.54. The maximum atomic E-state index is 13.7. The lowest BCUT2D eigenvalue weighted by Crippen LogP contribution is -2.42. The van der Waals surface area contributed by atoms with Gasteiger partial charge in [0.2, 0.25) is 17.6 Å². The standard InChI is InChI=1S/C27H33FN8O3/c1-39-23-14-19(9-12-21(23)28)16-30-26(38)22(13-17-5-3-2-4-6-17)31-27(29)32-24(37)15-18-7-10-20(11-8-18)25-33-35-36-34-25/h7-12,14,17,22H,2-6,13,15-16H2,1H3,(H,30,38)(H3,29,31,32,37)(H,33,34,35,36)/t22-/m1/s1. The molecule has 11 nitrogen and oxygen atoms in total. The molecule has 4 rings (SSSR count). The number of guanidine groups is 1. The van der Waals surface area contributed by atoms with Gasteiger partial charge in [0.05, 0.1) is 13.5 Å². The number of nitrogens with zero attached hydrogens (tertiary/aromatic N) is 4. The van der Waals surface area contributed by atoms with E-state index in [-0.39, 0.29) is 36.5 Å². The number of nitrogens with two attached hydrogens (primary N) is 1. The third-order valence-electron chi connectivity index (χ3n) is 6.75. The number of amides is 2. The summed E-state index contributed by atoms with van der Waals surface area (Å²) in [6.45, 7) is 0.179. The normalized spacial score (nSPS) is 15.0. The number of benzene rings is 2. The summed E-state index contributed by atoms with van der Waals surface area (Å²) in [6, 6.07) is 10.8. The maximum absolute atomic E-state index is 13.7. The molecule has 0 unspecified atom stereocenters. The number of aromatic amines is 1. The van der Waals surface area contributed by atoms with E-state index in [4.69, 9.17) is 10.5 Å². The molecule has 1 saturated carbocycles. The zero-order valence-electron chi connectivity index (χ0n) is 21.8. The average molecular weight is 537 g/mol. The van der Waals surface area contributed by atoms with Crippen molar-refractivity contribution in [3.8, 4) is 17.1 Å². The van der Waals surface area contributed by atoms with E-state index in [0.29, 0.717) is 23.7 Å². The molecule has 1 aliphatic rings. The molecule has 206 valence electrons. The molecular weight excluding hydrogens is 503 g/mol. The molecule has 0 radical (unpaired) electrons. The van der Waals surface area contributed by atoms with E-state index in [1.165, 1.54) is 19.6 Å². The first kappa shape index (κ1) is 27.7. The topological polar surface area (TPSA) is 160 Å². The summed E-state index contributed by atoms with van der Waals surface area (Å²) in [4.78, 5) is 30.2. The highest BCUT2D eigenvalue weighted by atomic mass is 19.1. The Balaban J connectivity index is 1.38. The van der Waals surface area contributed by atoms with Crippen LogP contribution in [0.5, 0.6) is 5.75 Å². The van der Waals surface area contributed by atoms with Crippen LogP contribution in [0.1, 0.15) is 49.7 Å². The minimum atomic E-state index is -0.759. The third-order valence-corrected chi connectivity index (χ3v) is 6.75. The first-order valence-electron chi connectivity index (χ1n) is 13.0. The molecule has 1 aliphatic carbocycles. The van der Waals surface area contributed by atoms with Gasteiger partial charge in [-0.25, -0.2) is 9.38 Å². The number of carbonyl (C=O) groups is 2. The zero-order chi connectivity index (χ0) is 27.6. The fourth-order valence-electron chi connectivity index (χ4n) is 4.71. The van der Waals surface area contributed by atoms with Crippen molar-refractivity contribution in [3.63, 3.8) is 0 Å². The van der Waals surface area contributed by atoms with Gasteiger partial charge in [-0.2, -0.15) is 5.21 Å². The van der Waals surface area contributed by atoms with Crippen molar-refractivity contribution >= 4 is 17.8 Å². The number of H-pyrrole nitrogens is 1. The van der Waals surface area contributed by atoms with Gasteiger partial charge < -0.3 is 15.8 Å². The quantitative estimate of drug-likeness (QED) is 0.229. The van der Waals surface area contributed by atoms with Crippen LogP contribution in [0.15, 0.2) is 47.5 Å². The molecule has 3 aromatic rings. The molecule has 1 aromatic heterocycles. The number of hydrogen-bond acceptors (Lipinski definition) is 7. The van der Waals surface area contributed by atoms with E-state index in [1.54, 1.807) is 36.4 Å². The van der Waals surface area contributed by atoms with E-state index in [2.05, 4.69) is 36.3 Å². The minimum absolute atomic E-state index is 0.0780. The first-order valence-corrected chi connectivity index (χ1v) is 13.0. The fraction of sp³-hybridized carbons (Fsp3) is 0.407. The number of ether oxygens (including phenoxy) is 1. The van der Waals surface area contributed by atoms with Gasteiger partial charge in [-0.3, -0.25) is 14.9 Å². The van der Waals surface area contributed by atoms with Gasteiger partial charge in [0.1, 0.15) is 6.04 Å². The summed E-state index contributed by atoms with van der Waals surface area (Å²) in [7, 11) is 1.39. The lowest BCUT2D eigenvalue weighted by Gasteiger charge is -2.24. The van der Waals surface area contributed by atoms with Crippen LogP contribution in [0.3, 0.4) is 0 Å². The second-order valence-corrected chi connectivity index (χ2v) is 9.61. The second-order valence-electron chi connectivity index (χ2n) is 9.61. The number of aliphatic imine (C=N–C) groups is 1.